The van der Waals surface area contributed by atoms with Crippen molar-refractivity contribution < 1.29 is 9.90 Å². The molecule has 0 saturated heterocycles. The molecule has 0 amide bonds. The highest BCUT2D eigenvalue weighted by atomic mass is 16.4. The van der Waals surface area contributed by atoms with Crippen molar-refractivity contribution >= 4 is 11.5 Å². The first kappa shape index (κ1) is 9.60. The normalized spacial score (nSPS) is 12.9. The fourth-order valence-corrected chi connectivity index (χ4v) is 1.41. The molecule has 0 aliphatic carbocycles. The Hall–Kier alpha value is -1.95. The molecular formula is C9H10N4O2. The molecule has 0 fully saturated rings. The van der Waals surface area contributed by atoms with Crippen LogP contribution in [0, 0.1) is 0 Å². The number of fused-ring (bicyclic) bond motifs is 1. The lowest BCUT2D eigenvalue weighted by molar-refractivity contribution is -0.137. The van der Waals surface area contributed by atoms with Gasteiger partial charge in [0.2, 0.25) is 0 Å². The summed E-state index contributed by atoms with van der Waals surface area (Å²) in [6.45, 7) is 0. The van der Waals surface area contributed by atoms with E-state index in [9.17, 15) is 4.79 Å². The molecule has 0 aliphatic heterocycles. The Kier molecular flexibility index (Phi) is 2.34. The minimum absolute atomic E-state index is 0.150. The van der Waals surface area contributed by atoms with Gasteiger partial charge in [-0.05, 0) is 12.1 Å². The van der Waals surface area contributed by atoms with Crippen molar-refractivity contribution in [2.45, 2.75) is 12.5 Å². The lowest BCUT2D eigenvalue weighted by atomic mass is 10.1. The SMILES string of the molecule is NC(CC(=O)O)c1nnn2ccccc12. The van der Waals surface area contributed by atoms with Crippen LogP contribution in [0.5, 0.6) is 0 Å². The summed E-state index contributed by atoms with van der Waals surface area (Å²) in [6.07, 6.45) is 1.59. The van der Waals surface area contributed by atoms with Gasteiger partial charge in [0, 0.05) is 6.20 Å². The Morgan fingerprint density at radius 1 is 1.60 bits per heavy atom. The van der Waals surface area contributed by atoms with Crippen LogP contribution >= 0.6 is 0 Å². The largest absolute Gasteiger partial charge is 0.481 e. The van der Waals surface area contributed by atoms with Gasteiger partial charge < -0.3 is 10.8 Å². The lowest BCUT2D eigenvalue weighted by Gasteiger charge is -2.04. The van der Waals surface area contributed by atoms with Crippen LogP contribution in [-0.2, 0) is 4.79 Å². The van der Waals surface area contributed by atoms with Gasteiger partial charge in [-0.1, -0.05) is 11.3 Å². The topological polar surface area (TPSA) is 93.5 Å². The van der Waals surface area contributed by atoms with Crippen molar-refractivity contribution in [2.75, 3.05) is 0 Å². The van der Waals surface area contributed by atoms with Crippen LogP contribution in [0.1, 0.15) is 18.2 Å². The molecule has 0 aliphatic rings. The third-order valence-electron chi connectivity index (χ3n) is 2.10. The number of hydrogen-bond acceptors (Lipinski definition) is 4. The second kappa shape index (κ2) is 3.66. The second-order valence-electron chi connectivity index (χ2n) is 3.21. The van der Waals surface area contributed by atoms with Gasteiger partial charge in [-0.15, -0.1) is 5.10 Å². The molecule has 1 atom stereocenters. The van der Waals surface area contributed by atoms with Gasteiger partial charge in [-0.2, -0.15) is 0 Å². The van der Waals surface area contributed by atoms with Crippen LogP contribution in [0.4, 0.5) is 0 Å². The third kappa shape index (κ3) is 1.79. The number of pyridine rings is 1. The van der Waals surface area contributed by atoms with E-state index in [1.807, 2.05) is 12.1 Å². The quantitative estimate of drug-likeness (QED) is 0.748. The Balaban J connectivity index is 2.39. The van der Waals surface area contributed by atoms with Gasteiger partial charge in [0.25, 0.3) is 0 Å². The molecule has 0 saturated carbocycles. The number of carboxylic acid groups (broad SMARTS) is 1. The molecule has 15 heavy (non-hydrogen) atoms. The highest BCUT2D eigenvalue weighted by Gasteiger charge is 2.16. The summed E-state index contributed by atoms with van der Waals surface area (Å²) in [4.78, 5) is 10.5. The molecular weight excluding hydrogens is 196 g/mol. The van der Waals surface area contributed by atoms with Gasteiger partial charge in [0.1, 0.15) is 5.69 Å². The van der Waals surface area contributed by atoms with Gasteiger partial charge >= 0.3 is 5.97 Å². The Labute approximate surface area is 85.3 Å². The van der Waals surface area contributed by atoms with Gasteiger partial charge in [-0.25, -0.2) is 4.52 Å². The summed E-state index contributed by atoms with van der Waals surface area (Å²) >= 11 is 0. The van der Waals surface area contributed by atoms with Crippen molar-refractivity contribution in [3.63, 3.8) is 0 Å². The Bertz CT molecular complexity index is 494. The first-order valence-electron chi connectivity index (χ1n) is 4.46. The molecule has 1 unspecified atom stereocenters. The molecule has 2 rings (SSSR count). The van der Waals surface area contributed by atoms with Crippen molar-refractivity contribution in [1.29, 1.82) is 0 Å². The molecule has 2 aromatic rings. The number of nitrogens with zero attached hydrogens (tertiary/aromatic N) is 3. The van der Waals surface area contributed by atoms with Crippen LogP contribution in [0.2, 0.25) is 0 Å². The summed E-state index contributed by atoms with van der Waals surface area (Å²) in [7, 11) is 0. The van der Waals surface area contributed by atoms with Gasteiger partial charge in [0.05, 0.1) is 18.0 Å². The monoisotopic (exact) mass is 206 g/mol. The smallest absolute Gasteiger partial charge is 0.305 e. The van der Waals surface area contributed by atoms with Crippen LogP contribution in [0.15, 0.2) is 24.4 Å². The Morgan fingerprint density at radius 2 is 2.40 bits per heavy atom. The van der Waals surface area contributed by atoms with Crippen LogP contribution in [0.3, 0.4) is 0 Å². The average Bonchev–Trinajstić information content (AvgIpc) is 2.59. The minimum atomic E-state index is -0.945. The summed E-state index contributed by atoms with van der Waals surface area (Å²) < 4.78 is 1.57. The maximum atomic E-state index is 10.5. The predicted molar refractivity (Wildman–Crippen MR) is 52.2 cm³/mol. The number of nitrogens with two attached hydrogens (primary N) is 1. The molecule has 6 nitrogen and oxygen atoms in total. The van der Waals surface area contributed by atoms with E-state index in [0.29, 0.717) is 5.69 Å². The van der Waals surface area contributed by atoms with Crippen LogP contribution in [0.25, 0.3) is 5.52 Å². The van der Waals surface area contributed by atoms with E-state index < -0.39 is 12.0 Å². The zero-order valence-electron chi connectivity index (χ0n) is 7.87. The zero-order chi connectivity index (χ0) is 10.8. The fraction of sp³-hybridized carbons (Fsp3) is 0.222. The highest BCUT2D eigenvalue weighted by molar-refractivity contribution is 5.68. The van der Waals surface area contributed by atoms with E-state index in [1.165, 1.54) is 0 Å². The highest BCUT2D eigenvalue weighted by Crippen LogP contribution is 2.16. The summed E-state index contributed by atoms with van der Waals surface area (Å²) in [6, 6.07) is 4.82. The van der Waals surface area contributed by atoms with E-state index in [4.69, 9.17) is 10.8 Å². The molecule has 78 valence electrons. The number of aromatic nitrogens is 3. The first-order valence-corrected chi connectivity index (χ1v) is 4.46. The van der Waals surface area contributed by atoms with Crippen molar-refractivity contribution in [3.8, 4) is 0 Å². The maximum absolute atomic E-state index is 10.5. The van der Waals surface area contributed by atoms with E-state index in [2.05, 4.69) is 10.3 Å². The standard InChI is InChI=1S/C9H10N4O2/c10-6(5-8(14)15)9-7-3-1-2-4-13(7)12-11-9/h1-4,6H,5,10H2,(H,14,15). The molecule has 6 heteroatoms. The van der Waals surface area contributed by atoms with Gasteiger partial charge in [0.15, 0.2) is 0 Å². The number of rotatable bonds is 3. The molecule has 2 heterocycles. The molecule has 3 N–H and O–H groups in total. The lowest BCUT2D eigenvalue weighted by Crippen LogP contribution is -2.15. The summed E-state index contributed by atoms with van der Waals surface area (Å²) in [5.74, 6) is -0.945. The second-order valence-corrected chi connectivity index (χ2v) is 3.21. The molecule has 0 bridgehead atoms. The molecule has 2 aromatic heterocycles. The molecule has 0 radical (unpaired) electrons. The minimum Gasteiger partial charge on any atom is -0.481 e. The van der Waals surface area contributed by atoms with E-state index in [1.54, 1.807) is 16.8 Å². The third-order valence-corrected chi connectivity index (χ3v) is 2.10. The first-order chi connectivity index (χ1) is 7.18. The fourth-order valence-electron chi connectivity index (χ4n) is 1.41. The van der Waals surface area contributed by atoms with Crippen LogP contribution in [-0.4, -0.2) is 25.9 Å². The van der Waals surface area contributed by atoms with E-state index in [0.717, 1.165) is 5.52 Å². The van der Waals surface area contributed by atoms with Gasteiger partial charge in [-0.3, -0.25) is 4.79 Å². The van der Waals surface area contributed by atoms with E-state index in [-0.39, 0.29) is 6.42 Å². The van der Waals surface area contributed by atoms with Crippen molar-refractivity contribution in [2.24, 2.45) is 5.73 Å². The zero-order valence-corrected chi connectivity index (χ0v) is 7.87. The van der Waals surface area contributed by atoms with Crippen molar-refractivity contribution in [1.82, 2.24) is 14.8 Å². The number of carboxylic acids is 1. The molecule has 0 spiro atoms. The molecule has 0 aromatic carbocycles. The van der Waals surface area contributed by atoms with E-state index >= 15 is 0 Å². The average molecular weight is 206 g/mol. The summed E-state index contributed by atoms with van der Waals surface area (Å²) in [5, 5.41) is 16.3. The number of hydrogen-bond donors (Lipinski definition) is 2. The summed E-state index contributed by atoms with van der Waals surface area (Å²) in [5.41, 5.74) is 6.96. The number of aliphatic carboxylic acids is 1. The number of carbonyl (C=O) groups is 1. The maximum Gasteiger partial charge on any atom is 0.305 e. The van der Waals surface area contributed by atoms with Crippen molar-refractivity contribution in [3.05, 3.63) is 30.1 Å². The predicted octanol–water partition coefficient (Wildman–Crippen LogP) is 0.204. The van der Waals surface area contributed by atoms with Crippen LogP contribution < -0.4 is 5.73 Å². The Morgan fingerprint density at radius 3 is 3.13 bits per heavy atom.